The monoisotopic (exact) mass is 391 g/mol. The van der Waals surface area contributed by atoms with Crippen LogP contribution in [0.5, 0.6) is 0 Å². The first-order valence-electron chi connectivity index (χ1n) is 10.0. The van der Waals surface area contributed by atoms with Crippen molar-refractivity contribution in [2.45, 2.75) is 37.6 Å². The number of amides is 1. The van der Waals surface area contributed by atoms with Gasteiger partial charge in [0.2, 0.25) is 0 Å². The number of benzene rings is 1. The summed E-state index contributed by atoms with van der Waals surface area (Å²) in [6.07, 6.45) is 8.50. The molecule has 0 bridgehead atoms. The number of hydrogen-bond donors (Lipinski definition) is 3. The highest BCUT2D eigenvalue weighted by molar-refractivity contribution is 6.05. The first-order chi connectivity index (χ1) is 14.2. The van der Waals surface area contributed by atoms with Gasteiger partial charge in [0.05, 0.1) is 23.5 Å². The zero-order valence-corrected chi connectivity index (χ0v) is 16.4. The summed E-state index contributed by atoms with van der Waals surface area (Å²) >= 11 is 0. The molecule has 1 amide bonds. The lowest BCUT2D eigenvalue weighted by Gasteiger charge is -2.10. The number of fused-ring (bicyclic) bond motifs is 1. The average Bonchev–Trinajstić information content (AvgIpc) is 3.69. The van der Waals surface area contributed by atoms with E-state index in [1.54, 1.807) is 12.4 Å². The Morgan fingerprint density at radius 2 is 1.97 bits per heavy atom. The zero-order chi connectivity index (χ0) is 20.2. The van der Waals surface area contributed by atoms with Crippen LogP contribution in [0, 0.1) is 5.92 Å². The van der Waals surface area contributed by atoms with Gasteiger partial charge in [-0.25, -0.2) is 9.97 Å². The van der Waals surface area contributed by atoms with Crippen LogP contribution in [0.1, 0.15) is 47.7 Å². The van der Waals surface area contributed by atoms with Gasteiger partial charge in [-0.3, -0.25) is 4.79 Å². The minimum atomic E-state index is -0.387. The topological polar surface area (TPSA) is 99.8 Å². The van der Waals surface area contributed by atoms with Crippen molar-refractivity contribution in [3.8, 4) is 0 Å². The zero-order valence-electron chi connectivity index (χ0n) is 16.4. The molecule has 2 aromatic heterocycles. The summed E-state index contributed by atoms with van der Waals surface area (Å²) in [5.41, 5.74) is 3.78. The molecule has 150 valence electrons. The van der Waals surface area contributed by atoms with Crippen LogP contribution < -0.4 is 10.6 Å². The number of aromatic nitrogens is 3. The molecule has 2 aliphatic rings. The molecule has 0 aliphatic heterocycles. The number of H-pyrrole nitrogens is 1. The molecule has 7 nitrogen and oxygen atoms in total. The van der Waals surface area contributed by atoms with E-state index in [1.807, 2.05) is 37.4 Å². The number of hydrogen-bond acceptors (Lipinski definition) is 5. The molecule has 1 atom stereocenters. The predicted molar refractivity (Wildman–Crippen MR) is 112 cm³/mol. The maximum Gasteiger partial charge on any atom is 0.255 e. The molecule has 0 unspecified atom stereocenters. The van der Waals surface area contributed by atoms with Gasteiger partial charge in [0, 0.05) is 24.8 Å². The molecule has 2 heterocycles. The summed E-state index contributed by atoms with van der Waals surface area (Å²) in [5.74, 6) is 0.527. The van der Waals surface area contributed by atoms with Crippen molar-refractivity contribution in [3.63, 3.8) is 0 Å². The van der Waals surface area contributed by atoms with Gasteiger partial charge in [0.15, 0.2) is 5.65 Å². The first-order valence-corrected chi connectivity index (χ1v) is 10.0. The summed E-state index contributed by atoms with van der Waals surface area (Å²) in [7, 11) is 1.91. The van der Waals surface area contributed by atoms with E-state index in [0.717, 1.165) is 43.4 Å². The van der Waals surface area contributed by atoms with Crippen LogP contribution in [0.2, 0.25) is 0 Å². The molecule has 3 N–H and O–H groups in total. The lowest BCUT2D eigenvalue weighted by molar-refractivity contribution is -0.109. The second-order valence-corrected chi connectivity index (χ2v) is 7.56. The fraction of sp³-hybridized carbons (Fsp3) is 0.364. The average molecular weight is 391 g/mol. The predicted octanol–water partition coefficient (Wildman–Crippen LogP) is 3.27. The number of aldehydes is 1. The molecule has 2 aliphatic carbocycles. The van der Waals surface area contributed by atoms with Crippen molar-refractivity contribution in [3.05, 3.63) is 54.0 Å². The second kappa shape index (κ2) is 8.43. The number of para-hydroxylation sites is 1. The van der Waals surface area contributed by atoms with Crippen molar-refractivity contribution in [2.75, 3.05) is 12.4 Å². The van der Waals surface area contributed by atoms with Gasteiger partial charge in [-0.1, -0.05) is 18.2 Å². The van der Waals surface area contributed by atoms with Crippen molar-refractivity contribution in [1.82, 2.24) is 20.3 Å². The number of nitrogens with zero attached hydrogens (tertiary/aromatic N) is 2. The Hall–Kier alpha value is -3.22. The van der Waals surface area contributed by atoms with Crippen LogP contribution in [0.15, 0.2) is 42.7 Å². The minimum Gasteiger partial charge on any atom is -0.388 e. The first kappa shape index (κ1) is 19.1. The van der Waals surface area contributed by atoms with E-state index in [0.29, 0.717) is 28.6 Å². The van der Waals surface area contributed by atoms with Gasteiger partial charge >= 0.3 is 0 Å². The lowest BCUT2D eigenvalue weighted by atomic mass is 10.2. The smallest absolute Gasteiger partial charge is 0.255 e. The van der Waals surface area contributed by atoms with Crippen LogP contribution in [0.25, 0.3) is 11.2 Å². The van der Waals surface area contributed by atoms with E-state index in [-0.39, 0.29) is 11.9 Å². The third kappa shape index (κ3) is 4.62. The number of rotatable bonds is 6. The van der Waals surface area contributed by atoms with Crippen LogP contribution in [0.4, 0.5) is 5.69 Å². The van der Waals surface area contributed by atoms with Gasteiger partial charge in [0.1, 0.15) is 11.8 Å². The molecule has 2 fully saturated rings. The molecular weight excluding hydrogens is 366 g/mol. The highest BCUT2D eigenvalue weighted by Gasteiger charge is 2.33. The second-order valence-electron chi connectivity index (χ2n) is 7.56. The van der Waals surface area contributed by atoms with Crippen LogP contribution in [-0.4, -0.2) is 40.2 Å². The number of nitrogens with one attached hydrogen (secondary N) is 3. The maximum absolute atomic E-state index is 12.4. The van der Waals surface area contributed by atoms with Crippen molar-refractivity contribution < 1.29 is 9.59 Å². The molecule has 0 spiro atoms. The minimum absolute atomic E-state index is 0.257. The molecule has 29 heavy (non-hydrogen) atoms. The van der Waals surface area contributed by atoms with E-state index < -0.39 is 0 Å². The van der Waals surface area contributed by atoms with E-state index in [4.69, 9.17) is 0 Å². The largest absolute Gasteiger partial charge is 0.388 e. The van der Waals surface area contributed by atoms with Crippen LogP contribution in [-0.2, 0) is 4.79 Å². The lowest BCUT2D eigenvalue weighted by Crippen LogP contribution is -2.37. The SMILES string of the molecule is CNc1ccccc1.O=C[C@H](NC(=O)c1c[nH]c2ncc(C3CC3)nc12)C1CC1. The summed E-state index contributed by atoms with van der Waals surface area (Å²) in [6, 6.07) is 9.68. The molecule has 2 saturated carbocycles. The molecule has 5 rings (SSSR count). The molecule has 7 heteroatoms. The van der Waals surface area contributed by atoms with E-state index in [2.05, 4.69) is 25.6 Å². The molecular formula is C22H25N5O2. The maximum atomic E-state index is 12.4. The summed E-state index contributed by atoms with van der Waals surface area (Å²) < 4.78 is 0. The van der Waals surface area contributed by atoms with E-state index >= 15 is 0 Å². The van der Waals surface area contributed by atoms with Gasteiger partial charge in [-0.2, -0.15) is 0 Å². The van der Waals surface area contributed by atoms with Gasteiger partial charge in [-0.05, 0) is 43.7 Å². The fourth-order valence-corrected chi connectivity index (χ4v) is 3.21. The highest BCUT2D eigenvalue weighted by atomic mass is 16.2. The van der Waals surface area contributed by atoms with E-state index in [9.17, 15) is 9.59 Å². The van der Waals surface area contributed by atoms with Crippen LogP contribution >= 0.6 is 0 Å². The standard InChI is InChI=1S/C15H16N4O2.C7H9N/c20-7-12(9-3-4-9)19-15(21)10-5-16-14-13(10)18-11(6-17-14)8-1-2-8;1-8-7-5-3-2-4-6-7/h5-9,12H,1-4H2,(H,16,17)(H,19,21);2-6,8H,1H3/t12-;/m0./s1. The Kier molecular flexibility index (Phi) is 5.55. The third-order valence-corrected chi connectivity index (χ3v) is 5.28. The third-order valence-electron chi connectivity index (χ3n) is 5.28. The van der Waals surface area contributed by atoms with Crippen molar-refractivity contribution >= 4 is 29.0 Å². The Labute approximate surface area is 169 Å². The molecule has 3 aromatic rings. The van der Waals surface area contributed by atoms with Crippen molar-refractivity contribution in [1.29, 1.82) is 0 Å². The Morgan fingerprint density at radius 1 is 1.21 bits per heavy atom. The number of carbonyl (C=O) groups is 2. The number of carbonyl (C=O) groups excluding carboxylic acids is 2. The van der Waals surface area contributed by atoms with E-state index in [1.165, 1.54) is 0 Å². The highest BCUT2D eigenvalue weighted by Crippen LogP contribution is 2.39. The summed E-state index contributed by atoms with van der Waals surface area (Å²) in [5, 5.41) is 5.82. The fourth-order valence-electron chi connectivity index (χ4n) is 3.21. The van der Waals surface area contributed by atoms with Gasteiger partial charge in [0.25, 0.3) is 5.91 Å². The van der Waals surface area contributed by atoms with Gasteiger partial charge in [-0.15, -0.1) is 0 Å². The van der Waals surface area contributed by atoms with Crippen molar-refractivity contribution in [2.24, 2.45) is 5.92 Å². The molecule has 0 saturated heterocycles. The van der Waals surface area contributed by atoms with Crippen LogP contribution in [0.3, 0.4) is 0 Å². The molecule has 0 radical (unpaired) electrons. The quantitative estimate of drug-likeness (QED) is 0.560. The normalized spacial score (nSPS) is 16.4. The Bertz CT molecular complexity index is 993. The Balaban J connectivity index is 0.000000216. The van der Waals surface area contributed by atoms with Gasteiger partial charge < -0.3 is 20.4 Å². The number of anilines is 1. The summed E-state index contributed by atoms with van der Waals surface area (Å²) in [6.45, 7) is 0. The number of aromatic amines is 1. The Morgan fingerprint density at radius 3 is 2.55 bits per heavy atom. The molecule has 1 aromatic carbocycles. The summed E-state index contributed by atoms with van der Waals surface area (Å²) in [4.78, 5) is 35.3.